The summed E-state index contributed by atoms with van der Waals surface area (Å²) in [7, 11) is 0. The number of benzene rings is 1. The maximum absolute atomic E-state index is 5.90. The lowest BCUT2D eigenvalue weighted by Crippen LogP contribution is -2.15. The first-order valence-electron chi connectivity index (χ1n) is 5.52. The fourth-order valence-corrected chi connectivity index (χ4v) is 1.62. The zero-order valence-corrected chi connectivity index (χ0v) is 12.0. The van der Waals surface area contributed by atoms with Crippen LogP contribution in [0, 0.1) is 5.41 Å². The summed E-state index contributed by atoms with van der Waals surface area (Å²) in [5, 5.41) is 0.607. The van der Waals surface area contributed by atoms with Gasteiger partial charge in [0.05, 0.1) is 12.2 Å². The monoisotopic (exact) mass is 271 g/mol. The van der Waals surface area contributed by atoms with Crippen LogP contribution in [0.5, 0.6) is 5.75 Å². The molecule has 0 bridgehead atoms. The Labute approximate surface area is 113 Å². The molecule has 0 aliphatic heterocycles. The largest absolute Gasteiger partial charge is 0.493 e. The van der Waals surface area contributed by atoms with E-state index in [1.54, 1.807) is 18.2 Å². The molecule has 2 N–H and O–H groups in total. The third kappa shape index (κ3) is 4.92. The van der Waals surface area contributed by atoms with Crippen LogP contribution in [0.2, 0.25) is 5.02 Å². The summed E-state index contributed by atoms with van der Waals surface area (Å²) in [6.45, 7) is 7.16. The highest BCUT2D eigenvalue weighted by atomic mass is 35.5. The number of nitrogens with two attached hydrogens (primary N) is 1. The van der Waals surface area contributed by atoms with Crippen LogP contribution >= 0.6 is 23.8 Å². The second-order valence-electron chi connectivity index (χ2n) is 5.16. The van der Waals surface area contributed by atoms with Crippen LogP contribution in [0.4, 0.5) is 0 Å². The molecule has 0 amide bonds. The standard InChI is InChI=1S/C13H18ClNOS/c1-13(2,3)6-7-16-11-5-4-9(14)8-10(11)12(15)17/h4-5,8H,6-7H2,1-3H3,(H2,15,17). The maximum Gasteiger partial charge on any atom is 0.129 e. The summed E-state index contributed by atoms with van der Waals surface area (Å²) in [5.74, 6) is 0.700. The minimum absolute atomic E-state index is 0.246. The van der Waals surface area contributed by atoms with Crippen molar-refractivity contribution in [3.05, 3.63) is 28.8 Å². The number of rotatable bonds is 4. The quantitative estimate of drug-likeness (QED) is 0.847. The van der Waals surface area contributed by atoms with E-state index in [2.05, 4.69) is 20.8 Å². The molecular weight excluding hydrogens is 254 g/mol. The average Bonchev–Trinajstić information content (AvgIpc) is 2.18. The van der Waals surface area contributed by atoms with Gasteiger partial charge in [0.1, 0.15) is 10.7 Å². The summed E-state index contributed by atoms with van der Waals surface area (Å²) >= 11 is 10.9. The van der Waals surface area contributed by atoms with Crippen molar-refractivity contribution in [2.75, 3.05) is 6.61 Å². The molecule has 0 radical (unpaired) electrons. The molecule has 0 heterocycles. The molecule has 0 aliphatic rings. The molecule has 1 aromatic rings. The normalized spacial score (nSPS) is 11.3. The van der Waals surface area contributed by atoms with E-state index in [1.807, 2.05) is 0 Å². The average molecular weight is 272 g/mol. The van der Waals surface area contributed by atoms with E-state index < -0.39 is 0 Å². The first-order valence-corrected chi connectivity index (χ1v) is 6.30. The molecule has 4 heteroatoms. The fourth-order valence-electron chi connectivity index (χ4n) is 1.29. The van der Waals surface area contributed by atoms with Crippen molar-refractivity contribution in [1.29, 1.82) is 0 Å². The molecule has 0 aliphatic carbocycles. The SMILES string of the molecule is CC(C)(C)CCOc1ccc(Cl)cc1C(N)=S. The maximum atomic E-state index is 5.90. The van der Waals surface area contributed by atoms with Crippen LogP contribution in [-0.2, 0) is 0 Å². The Kier molecular flexibility index (Phi) is 4.78. The minimum Gasteiger partial charge on any atom is -0.493 e. The smallest absolute Gasteiger partial charge is 0.129 e. The van der Waals surface area contributed by atoms with Gasteiger partial charge >= 0.3 is 0 Å². The Morgan fingerprint density at radius 1 is 1.41 bits per heavy atom. The fraction of sp³-hybridized carbons (Fsp3) is 0.462. The van der Waals surface area contributed by atoms with Gasteiger partial charge in [-0.1, -0.05) is 44.6 Å². The topological polar surface area (TPSA) is 35.2 Å². The number of hydrogen-bond donors (Lipinski definition) is 1. The van der Waals surface area contributed by atoms with Gasteiger partial charge in [-0.3, -0.25) is 0 Å². The van der Waals surface area contributed by atoms with Gasteiger partial charge in [-0.2, -0.15) is 0 Å². The number of ether oxygens (including phenoxy) is 1. The lowest BCUT2D eigenvalue weighted by Gasteiger charge is -2.19. The van der Waals surface area contributed by atoms with Crippen LogP contribution in [0.3, 0.4) is 0 Å². The van der Waals surface area contributed by atoms with Crippen LogP contribution in [0.25, 0.3) is 0 Å². The lowest BCUT2D eigenvalue weighted by atomic mass is 9.93. The highest BCUT2D eigenvalue weighted by Crippen LogP contribution is 2.24. The van der Waals surface area contributed by atoms with Gasteiger partial charge in [0, 0.05) is 5.02 Å². The molecule has 0 saturated heterocycles. The lowest BCUT2D eigenvalue weighted by molar-refractivity contribution is 0.243. The summed E-state index contributed by atoms with van der Waals surface area (Å²) < 4.78 is 5.70. The zero-order chi connectivity index (χ0) is 13.1. The van der Waals surface area contributed by atoms with Crippen LogP contribution in [0.15, 0.2) is 18.2 Å². The Bertz CT molecular complexity index is 412. The Balaban J connectivity index is 2.74. The van der Waals surface area contributed by atoms with Gasteiger partial charge in [-0.05, 0) is 30.0 Å². The Morgan fingerprint density at radius 2 is 2.06 bits per heavy atom. The summed E-state index contributed by atoms with van der Waals surface area (Å²) in [6.07, 6.45) is 0.965. The van der Waals surface area contributed by atoms with Crippen molar-refractivity contribution < 1.29 is 4.74 Å². The number of thiocarbonyl (C=S) groups is 1. The first-order chi connectivity index (χ1) is 7.79. The molecule has 0 fully saturated rings. The van der Waals surface area contributed by atoms with Gasteiger partial charge in [0.25, 0.3) is 0 Å². The van der Waals surface area contributed by atoms with E-state index in [1.165, 1.54) is 0 Å². The minimum atomic E-state index is 0.246. The Hall–Kier alpha value is -0.800. The van der Waals surface area contributed by atoms with Crippen LogP contribution in [0.1, 0.15) is 32.8 Å². The van der Waals surface area contributed by atoms with Crippen LogP contribution < -0.4 is 10.5 Å². The van der Waals surface area contributed by atoms with Crippen molar-refractivity contribution in [3.8, 4) is 5.75 Å². The van der Waals surface area contributed by atoms with Crippen molar-refractivity contribution in [1.82, 2.24) is 0 Å². The molecule has 0 saturated carbocycles. The van der Waals surface area contributed by atoms with E-state index in [9.17, 15) is 0 Å². The molecule has 1 rings (SSSR count). The highest BCUT2D eigenvalue weighted by Gasteiger charge is 2.12. The van der Waals surface area contributed by atoms with Gasteiger partial charge in [-0.15, -0.1) is 0 Å². The van der Waals surface area contributed by atoms with Gasteiger partial charge in [0.2, 0.25) is 0 Å². The van der Waals surface area contributed by atoms with Crippen molar-refractivity contribution in [3.63, 3.8) is 0 Å². The number of halogens is 1. The van der Waals surface area contributed by atoms with E-state index in [4.69, 9.17) is 34.3 Å². The molecule has 0 aromatic heterocycles. The number of hydrogen-bond acceptors (Lipinski definition) is 2. The summed E-state index contributed by atoms with van der Waals surface area (Å²) in [6, 6.07) is 5.31. The molecule has 94 valence electrons. The predicted octanol–water partition coefficient (Wildman–Crippen LogP) is 3.79. The summed E-state index contributed by atoms with van der Waals surface area (Å²) in [4.78, 5) is 0.304. The van der Waals surface area contributed by atoms with Gasteiger partial charge in [-0.25, -0.2) is 0 Å². The molecule has 0 spiro atoms. The van der Waals surface area contributed by atoms with E-state index in [0.29, 0.717) is 27.9 Å². The molecule has 2 nitrogen and oxygen atoms in total. The van der Waals surface area contributed by atoms with Gasteiger partial charge < -0.3 is 10.5 Å². The van der Waals surface area contributed by atoms with Crippen molar-refractivity contribution in [2.45, 2.75) is 27.2 Å². The van der Waals surface area contributed by atoms with E-state index in [0.717, 1.165) is 6.42 Å². The molecular formula is C13H18ClNOS. The molecule has 0 unspecified atom stereocenters. The highest BCUT2D eigenvalue weighted by molar-refractivity contribution is 7.80. The predicted molar refractivity (Wildman–Crippen MR) is 76.9 cm³/mol. The zero-order valence-electron chi connectivity index (χ0n) is 10.4. The second kappa shape index (κ2) is 5.69. The van der Waals surface area contributed by atoms with Gasteiger partial charge in [0.15, 0.2) is 0 Å². The second-order valence-corrected chi connectivity index (χ2v) is 6.04. The molecule has 0 atom stereocenters. The van der Waals surface area contributed by atoms with E-state index >= 15 is 0 Å². The van der Waals surface area contributed by atoms with E-state index in [-0.39, 0.29) is 5.41 Å². The first kappa shape index (κ1) is 14.3. The van der Waals surface area contributed by atoms with Crippen molar-refractivity contribution in [2.24, 2.45) is 11.1 Å². The van der Waals surface area contributed by atoms with Crippen LogP contribution in [-0.4, -0.2) is 11.6 Å². The Morgan fingerprint density at radius 3 is 2.59 bits per heavy atom. The van der Waals surface area contributed by atoms with Crippen molar-refractivity contribution >= 4 is 28.8 Å². The molecule has 17 heavy (non-hydrogen) atoms. The third-order valence-electron chi connectivity index (χ3n) is 2.32. The third-order valence-corrected chi connectivity index (χ3v) is 2.77. The molecule has 1 aromatic carbocycles. The summed E-state index contributed by atoms with van der Waals surface area (Å²) in [5.41, 5.74) is 6.58.